The Bertz CT molecular complexity index is 3430. The first-order valence-electron chi connectivity index (χ1n) is 18.2. The van der Waals surface area contributed by atoms with Gasteiger partial charge in [-0.05, 0) is 18.2 Å². The number of fused-ring (bicyclic) bond motifs is 10. The maximum atomic E-state index is 7.04. The molecule has 0 unspecified atom stereocenters. The highest BCUT2D eigenvalue weighted by Gasteiger charge is 2.28. The normalized spacial score (nSPS) is 11.9. The molecule has 0 N–H and O–H groups in total. The third-order valence-electron chi connectivity index (χ3n) is 10.9. The first-order chi connectivity index (χ1) is 27.8. The van der Waals surface area contributed by atoms with Crippen LogP contribution in [0.4, 0.5) is 0 Å². The van der Waals surface area contributed by atoms with Crippen molar-refractivity contribution in [3.63, 3.8) is 0 Å². The molecule has 0 aliphatic heterocycles. The highest BCUT2D eigenvalue weighted by Crippen LogP contribution is 2.44. The molecule has 12 heteroatoms. The first kappa shape index (κ1) is 34.0. The second-order valence-electron chi connectivity index (χ2n) is 14.0. The van der Waals surface area contributed by atoms with Crippen LogP contribution in [0.3, 0.4) is 0 Å². The van der Waals surface area contributed by atoms with Crippen molar-refractivity contribution < 1.29 is 4.42 Å². The molecule has 7 aromatic carbocycles. The minimum Gasteiger partial charge on any atom is -0.455 e. The molecule has 4 heterocycles. The van der Waals surface area contributed by atoms with Gasteiger partial charge in [0.25, 0.3) is 0 Å². The molecule has 12 radical (unpaired) electrons. The first-order valence-corrected chi connectivity index (χ1v) is 19.0. The van der Waals surface area contributed by atoms with Crippen LogP contribution in [0.5, 0.6) is 0 Å². The summed E-state index contributed by atoms with van der Waals surface area (Å²) in [7, 11) is 41.4. The molecule has 11 aromatic rings. The van der Waals surface area contributed by atoms with Gasteiger partial charge in [-0.25, -0.2) is 15.0 Å². The van der Waals surface area contributed by atoms with E-state index in [9.17, 15) is 0 Å². The van der Waals surface area contributed by atoms with E-state index >= 15 is 0 Å². The Morgan fingerprint density at radius 2 is 1.04 bits per heavy atom. The zero-order valence-electron chi connectivity index (χ0n) is 30.1. The third-order valence-corrected chi connectivity index (χ3v) is 12.1. The average Bonchev–Trinajstić information content (AvgIpc) is 3.93. The van der Waals surface area contributed by atoms with Crippen molar-refractivity contribution in [3.05, 3.63) is 121 Å². The number of benzene rings is 7. The fourth-order valence-electron chi connectivity index (χ4n) is 8.20. The van der Waals surface area contributed by atoms with Crippen LogP contribution in [0, 0.1) is 0 Å². The Hall–Kier alpha value is -6.24. The monoisotopic (exact) mass is 730 g/mol. The summed E-state index contributed by atoms with van der Waals surface area (Å²) in [4.78, 5) is 14.9. The Balaban J connectivity index is 1.28. The van der Waals surface area contributed by atoms with E-state index < -0.39 is 0 Å². The van der Waals surface area contributed by atoms with E-state index in [0.29, 0.717) is 39.3 Å². The van der Waals surface area contributed by atoms with E-state index in [2.05, 4.69) is 53.1 Å². The quantitative estimate of drug-likeness (QED) is 0.240. The van der Waals surface area contributed by atoms with Gasteiger partial charge in [-0.2, -0.15) is 0 Å². The van der Waals surface area contributed by atoms with Gasteiger partial charge in [0.2, 0.25) is 0 Å². The van der Waals surface area contributed by atoms with Crippen LogP contribution < -0.4 is 32.8 Å². The maximum Gasteiger partial charge on any atom is 0.164 e. The molecule has 0 amide bonds. The van der Waals surface area contributed by atoms with Gasteiger partial charge in [0, 0.05) is 58.4 Å². The van der Waals surface area contributed by atoms with E-state index in [0.717, 1.165) is 37.6 Å². The van der Waals surface area contributed by atoms with Crippen LogP contribution in [0.15, 0.2) is 126 Å². The predicted molar refractivity (Wildman–Crippen MR) is 243 cm³/mol. The van der Waals surface area contributed by atoms with Gasteiger partial charge in [-0.15, -0.1) is 22.3 Å². The highest BCUT2D eigenvalue weighted by molar-refractivity contribution is 7.26. The summed E-state index contributed by atoms with van der Waals surface area (Å²) in [5, 5.41) is 5.42. The van der Waals surface area contributed by atoms with E-state index in [4.69, 9.17) is 66.4 Å². The Morgan fingerprint density at radius 1 is 0.439 bits per heavy atom. The van der Waals surface area contributed by atoms with E-state index in [1.165, 1.54) is 15.5 Å². The van der Waals surface area contributed by atoms with E-state index in [1.54, 1.807) is 11.3 Å². The number of para-hydroxylation sites is 1. The zero-order valence-corrected chi connectivity index (χ0v) is 30.9. The van der Waals surface area contributed by atoms with Crippen LogP contribution in [-0.4, -0.2) is 66.6 Å². The molecule has 0 atom stereocenters. The highest BCUT2D eigenvalue weighted by atomic mass is 32.1. The van der Waals surface area contributed by atoms with Crippen molar-refractivity contribution in [1.29, 1.82) is 0 Å². The van der Waals surface area contributed by atoms with Crippen molar-refractivity contribution in [2.24, 2.45) is 0 Å². The van der Waals surface area contributed by atoms with Crippen LogP contribution in [0.2, 0.25) is 0 Å². The molecule has 0 spiro atoms. The van der Waals surface area contributed by atoms with Crippen LogP contribution in [-0.2, 0) is 0 Å². The molecule has 0 saturated carbocycles. The fourth-order valence-corrected chi connectivity index (χ4v) is 9.46. The number of hydrogen-bond donors (Lipinski definition) is 0. The van der Waals surface area contributed by atoms with Gasteiger partial charge in [0.15, 0.2) is 23.1 Å². The number of aromatic nitrogens is 4. The average molecular weight is 730 g/mol. The second kappa shape index (κ2) is 12.6. The smallest absolute Gasteiger partial charge is 0.164 e. The number of furan rings is 1. The molecular weight excluding hydrogens is 709 g/mol. The molecular formula is C45H20B6N4OS. The summed E-state index contributed by atoms with van der Waals surface area (Å²) in [6.45, 7) is 0. The minimum atomic E-state index is 0.115. The molecule has 0 bridgehead atoms. The van der Waals surface area contributed by atoms with E-state index in [1.807, 2.05) is 72.8 Å². The third kappa shape index (κ3) is 4.86. The molecule has 250 valence electrons. The topological polar surface area (TPSA) is 56.7 Å². The molecule has 4 aromatic heterocycles. The molecule has 0 aliphatic carbocycles. The lowest BCUT2D eigenvalue weighted by atomic mass is 9.67. The van der Waals surface area contributed by atoms with Crippen molar-refractivity contribution in [1.82, 2.24) is 19.5 Å². The zero-order chi connectivity index (χ0) is 38.7. The molecule has 5 nitrogen and oxygen atoms in total. The lowest BCUT2D eigenvalue weighted by molar-refractivity contribution is 0.670. The largest absolute Gasteiger partial charge is 0.455 e. The summed E-state index contributed by atoms with van der Waals surface area (Å²) < 4.78 is 11.3. The van der Waals surface area contributed by atoms with Gasteiger partial charge in [0.05, 0.1) is 16.7 Å². The predicted octanol–water partition coefficient (Wildman–Crippen LogP) is 5.00. The summed E-state index contributed by atoms with van der Waals surface area (Å²) in [6, 6.07) is 40.2. The van der Waals surface area contributed by atoms with Crippen molar-refractivity contribution in [2.45, 2.75) is 0 Å². The van der Waals surface area contributed by atoms with Crippen LogP contribution in [0.25, 0.3) is 104 Å². The summed E-state index contributed by atoms with van der Waals surface area (Å²) >= 11 is 1.76. The van der Waals surface area contributed by atoms with Gasteiger partial charge < -0.3 is 8.98 Å². The van der Waals surface area contributed by atoms with Gasteiger partial charge in [-0.3, -0.25) is 0 Å². The van der Waals surface area contributed by atoms with Crippen molar-refractivity contribution >= 4 is 155 Å². The second-order valence-corrected chi connectivity index (χ2v) is 15.1. The fraction of sp³-hybridized carbons (Fsp3) is 0. The maximum absolute atomic E-state index is 7.04. The molecule has 57 heavy (non-hydrogen) atoms. The van der Waals surface area contributed by atoms with Crippen LogP contribution >= 0.6 is 11.3 Å². The van der Waals surface area contributed by atoms with E-state index in [-0.39, 0.29) is 44.2 Å². The van der Waals surface area contributed by atoms with Crippen LogP contribution in [0.1, 0.15) is 0 Å². The number of rotatable bonds is 4. The summed E-state index contributed by atoms with van der Waals surface area (Å²) in [5.74, 6) is 1.12. The summed E-state index contributed by atoms with van der Waals surface area (Å²) in [6.07, 6.45) is 0. The summed E-state index contributed by atoms with van der Waals surface area (Å²) in [5.41, 5.74) is 5.91. The number of thiophene rings is 1. The van der Waals surface area contributed by atoms with Gasteiger partial charge in [0.1, 0.15) is 52.7 Å². The molecule has 0 aliphatic rings. The van der Waals surface area contributed by atoms with Gasteiger partial charge in [-0.1, -0.05) is 125 Å². The molecule has 11 rings (SSSR count). The Morgan fingerprint density at radius 3 is 1.74 bits per heavy atom. The Labute approximate surface area is 338 Å². The Kier molecular flexibility index (Phi) is 7.55. The van der Waals surface area contributed by atoms with Gasteiger partial charge >= 0.3 is 0 Å². The van der Waals surface area contributed by atoms with Crippen molar-refractivity contribution in [2.75, 3.05) is 0 Å². The SMILES string of the molecule is [B]c1c([B])c(-c2nc(-c3ccccc3)nc(-c3ccccc3)n2)c2c(oc3c(-n4c5ccccc5c5c6sc7ccccc7c6ccc54)c([B])c([B])c([B])c32)c1[B]. The number of nitrogens with zero attached hydrogens (tertiary/aromatic N) is 4. The van der Waals surface area contributed by atoms with Crippen molar-refractivity contribution in [3.8, 4) is 39.9 Å². The number of hydrogen-bond acceptors (Lipinski definition) is 5. The lowest BCUT2D eigenvalue weighted by Crippen LogP contribution is -2.42. The molecule has 0 saturated heterocycles. The molecule has 0 fully saturated rings. The lowest BCUT2D eigenvalue weighted by Gasteiger charge is -2.18. The standard InChI is InChI=1S/C45H20B6N4OS/c46-33-31-30-32(45-53-43(21-11-3-1-4-12-21)52-44(54-45)22-13-5-2-6-14-22)34(47)36(49)38(51)40(30)56-41(31)39(37(50)35(33)48)55-26-17-9-7-16-25(26)29-27(55)20-19-24-23-15-8-10-18-28(23)57-42(24)29/h1-20H. The minimum absolute atomic E-state index is 0.115.